The van der Waals surface area contributed by atoms with Crippen LogP contribution in [0, 0.1) is 11.6 Å². The summed E-state index contributed by atoms with van der Waals surface area (Å²) in [5.41, 5.74) is 1.12. The lowest BCUT2D eigenvalue weighted by molar-refractivity contribution is 0.508. The van der Waals surface area contributed by atoms with Crippen LogP contribution in [-0.4, -0.2) is 0 Å². The molecule has 0 radical (unpaired) electrons. The Kier molecular flexibility index (Phi) is 2.38. The van der Waals surface area contributed by atoms with Crippen molar-refractivity contribution in [1.82, 2.24) is 0 Å². The molecule has 0 bridgehead atoms. The lowest BCUT2D eigenvalue weighted by Gasteiger charge is -1.99. The lowest BCUT2D eigenvalue weighted by atomic mass is 10.1. The quantitative estimate of drug-likeness (QED) is 0.592. The Morgan fingerprint density at radius 2 is 1.92 bits per heavy atom. The zero-order chi connectivity index (χ0) is 9.14. The molecule has 0 aliphatic heterocycles. The van der Waals surface area contributed by atoms with E-state index in [1.165, 1.54) is 12.1 Å². The fourth-order valence-corrected chi connectivity index (χ4v) is 0.814. The van der Waals surface area contributed by atoms with Gasteiger partial charge in [0.1, 0.15) is 0 Å². The maximum Gasteiger partial charge on any atom is 0.159 e. The second-order valence-corrected chi connectivity index (χ2v) is 2.36. The van der Waals surface area contributed by atoms with Gasteiger partial charge in [-0.05, 0) is 23.3 Å². The van der Waals surface area contributed by atoms with Gasteiger partial charge in [0, 0.05) is 0 Å². The van der Waals surface area contributed by atoms with Gasteiger partial charge < -0.3 is 0 Å². The Balaban J connectivity index is 3.13. The average molecular weight is 166 g/mol. The number of benzene rings is 1. The van der Waals surface area contributed by atoms with Crippen molar-refractivity contribution < 1.29 is 8.78 Å². The van der Waals surface area contributed by atoms with Crippen molar-refractivity contribution in [1.29, 1.82) is 0 Å². The summed E-state index contributed by atoms with van der Waals surface area (Å²) in [5.74, 6) is -1.72. The molecule has 1 rings (SSSR count). The van der Waals surface area contributed by atoms with Gasteiger partial charge >= 0.3 is 0 Å². The Morgan fingerprint density at radius 1 is 1.25 bits per heavy atom. The van der Waals surface area contributed by atoms with E-state index in [-0.39, 0.29) is 0 Å². The van der Waals surface area contributed by atoms with Crippen LogP contribution in [0.1, 0.15) is 5.56 Å². The molecule has 0 spiro atoms. The van der Waals surface area contributed by atoms with E-state index < -0.39 is 11.6 Å². The summed E-state index contributed by atoms with van der Waals surface area (Å²) >= 11 is 0. The van der Waals surface area contributed by atoms with Crippen LogP contribution in [-0.2, 0) is 0 Å². The highest BCUT2D eigenvalue weighted by molar-refractivity contribution is 5.71. The first-order valence-electron chi connectivity index (χ1n) is 3.42. The number of halogens is 2. The van der Waals surface area contributed by atoms with E-state index >= 15 is 0 Å². The molecule has 12 heavy (non-hydrogen) atoms. The first kappa shape index (κ1) is 8.65. The van der Waals surface area contributed by atoms with Gasteiger partial charge in [-0.2, -0.15) is 0 Å². The minimum atomic E-state index is -0.865. The third kappa shape index (κ3) is 1.59. The molecule has 0 saturated carbocycles. The topological polar surface area (TPSA) is 0 Å². The summed E-state index contributed by atoms with van der Waals surface area (Å²) in [6.45, 7) is 7.08. The molecule has 2 heteroatoms. The minimum Gasteiger partial charge on any atom is -0.204 e. The number of rotatable bonds is 2. The molecule has 1 aromatic rings. The molecular formula is C10H8F2. The third-order valence-corrected chi connectivity index (χ3v) is 1.54. The summed E-state index contributed by atoms with van der Waals surface area (Å²) < 4.78 is 25.1. The van der Waals surface area contributed by atoms with Crippen molar-refractivity contribution in [3.8, 4) is 0 Å². The molecule has 0 aliphatic carbocycles. The van der Waals surface area contributed by atoms with Crippen LogP contribution >= 0.6 is 0 Å². The number of hydrogen-bond acceptors (Lipinski definition) is 0. The summed E-state index contributed by atoms with van der Waals surface area (Å²) in [5, 5.41) is 0. The second-order valence-electron chi connectivity index (χ2n) is 2.36. The zero-order valence-electron chi connectivity index (χ0n) is 6.48. The van der Waals surface area contributed by atoms with E-state index in [1.54, 1.807) is 0 Å². The summed E-state index contributed by atoms with van der Waals surface area (Å²) in [6, 6.07) is 3.63. The minimum absolute atomic E-state index is 0.545. The van der Waals surface area contributed by atoms with Crippen molar-refractivity contribution in [2.75, 3.05) is 0 Å². The Bertz CT molecular complexity index is 327. The van der Waals surface area contributed by atoms with Crippen LogP contribution in [0.2, 0.25) is 0 Å². The molecule has 1 aromatic carbocycles. The Morgan fingerprint density at radius 3 is 2.42 bits per heavy atom. The van der Waals surface area contributed by atoms with Crippen LogP contribution in [0.5, 0.6) is 0 Å². The number of hydrogen-bond donors (Lipinski definition) is 0. The van der Waals surface area contributed by atoms with Crippen molar-refractivity contribution in [3.63, 3.8) is 0 Å². The molecule has 0 unspecified atom stereocenters. The van der Waals surface area contributed by atoms with Crippen LogP contribution < -0.4 is 0 Å². The van der Waals surface area contributed by atoms with E-state index in [9.17, 15) is 8.78 Å². The molecule has 62 valence electrons. The van der Waals surface area contributed by atoms with Crippen LogP contribution in [0.3, 0.4) is 0 Å². The van der Waals surface area contributed by atoms with Crippen LogP contribution in [0.4, 0.5) is 8.78 Å². The van der Waals surface area contributed by atoms with E-state index in [1.807, 2.05) is 0 Å². The summed E-state index contributed by atoms with van der Waals surface area (Å²) in [4.78, 5) is 0. The van der Waals surface area contributed by atoms with Gasteiger partial charge in [-0.3, -0.25) is 0 Å². The molecular weight excluding hydrogens is 158 g/mol. The molecule has 0 atom stereocenters. The van der Waals surface area contributed by atoms with Crippen molar-refractivity contribution in [3.05, 3.63) is 54.6 Å². The smallest absolute Gasteiger partial charge is 0.159 e. The van der Waals surface area contributed by atoms with Crippen molar-refractivity contribution in [2.45, 2.75) is 0 Å². The van der Waals surface area contributed by atoms with E-state index in [4.69, 9.17) is 0 Å². The Hall–Kier alpha value is -1.44. The second kappa shape index (κ2) is 3.30. The van der Waals surface area contributed by atoms with Gasteiger partial charge in [0.25, 0.3) is 0 Å². The van der Waals surface area contributed by atoms with Gasteiger partial charge in [-0.1, -0.05) is 25.3 Å². The zero-order valence-corrected chi connectivity index (χ0v) is 6.48. The highest BCUT2D eigenvalue weighted by Gasteiger charge is 2.02. The Labute approximate surface area is 69.8 Å². The van der Waals surface area contributed by atoms with Gasteiger partial charge in [0.15, 0.2) is 11.6 Å². The van der Waals surface area contributed by atoms with E-state index in [0.29, 0.717) is 11.1 Å². The average Bonchev–Trinajstić information content (AvgIpc) is 2.08. The molecule has 0 aromatic heterocycles. The molecule has 0 saturated heterocycles. The SMILES string of the molecule is C=CC(=C)c1ccc(F)c(F)c1. The van der Waals surface area contributed by atoms with E-state index in [0.717, 1.165) is 12.1 Å². The number of allylic oxidation sites excluding steroid dienone is 2. The van der Waals surface area contributed by atoms with Gasteiger partial charge in [-0.25, -0.2) is 8.78 Å². The van der Waals surface area contributed by atoms with Gasteiger partial charge in [-0.15, -0.1) is 0 Å². The largest absolute Gasteiger partial charge is 0.204 e. The van der Waals surface area contributed by atoms with Crippen molar-refractivity contribution in [2.24, 2.45) is 0 Å². The maximum atomic E-state index is 12.6. The predicted molar refractivity (Wildman–Crippen MR) is 45.6 cm³/mol. The van der Waals surface area contributed by atoms with E-state index in [2.05, 4.69) is 13.2 Å². The standard InChI is InChI=1S/C10H8F2/c1-3-7(2)8-4-5-9(11)10(12)6-8/h3-6H,1-2H2. The van der Waals surface area contributed by atoms with Gasteiger partial charge in [0.05, 0.1) is 0 Å². The molecule has 0 N–H and O–H groups in total. The third-order valence-electron chi connectivity index (χ3n) is 1.54. The van der Waals surface area contributed by atoms with Crippen LogP contribution in [0.25, 0.3) is 5.57 Å². The lowest BCUT2D eigenvalue weighted by Crippen LogP contribution is -1.86. The predicted octanol–water partition coefficient (Wildman–Crippen LogP) is 3.16. The highest BCUT2D eigenvalue weighted by Crippen LogP contribution is 2.16. The fourth-order valence-electron chi connectivity index (χ4n) is 0.814. The van der Waals surface area contributed by atoms with Crippen LogP contribution in [0.15, 0.2) is 37.4 Å². The highest BCUT2D eigenvalue weighted by atomic mass is 19.2. The first-order chi connectivity index (χ1) is 5.65. The molecule has 0 amide bonds. The molecule has 0 aliphatic rings. The monoisotopic (exact) mass is 166 g/mol. The van der Waals surface area contributed by atoms with Crippen molar-refractivity contribution >= 4 is 5.57 Å². The normalized spacial score (nSPS) is 9.50. The summed E-state index contributed by atoms with van der Waals surface area (Å²) in [6.07, 6.45) is 1.49. The fraction of sp³-hybridized carbons (Fsp3) is 0. The summed E-state index contributed by atoms with van der Waals surface area (Å²) in [7, 11) is 0. The molecule has 0 nitrogen and oxygen atoms in total. The maximum absolute atomic E-state index is 12.6. The molecule has 0 heterocycles. The molecule has 0 fully saturated rings. The van der Waals surface area contributed by atoms with Gasteiger partial charge in [0.2, 0.25) is 0 Å². The first-order valence-corrected chi connectivity index (χ1v) is 3.42.